The van der Waals surface area contributed by atoms with Crippen molar-refractivity contribution in [2.75, 3.05) is 11.1 Å². The van der Waals surface area contributed by atoms with Crippen molar-refractivity contribution in [3.63, 3.8) is 0 Å². The molecule has 0 aliphatic rings. The third kappa shape index (κ3) is 2.88. The number of thiophene rings is 1. The zero-order chi connectivity index (χ0) is 17.6. The van der Waals surface area contributed by atoms with Crippen molar-refractivity contribution in [1.82, 2.24) is 4.98 Å². The number of nitrogens with one attached hydrogen (secondary N) is 1. The molecular weight excluding hydrogens is 398 g/mol. The molecule has 0 aliphatic heterocycles. The molecule has 4 nitrogen and oxygen atoms in total. The molecule has 4 aromatic rings. The summed E-state index contributed by atoms with van der Waals surface area (Å²) < 4.78 is 0.822. The molecule has 4 rings (SSSR count). The van der Waals surface area contributed by atoms with Crippen molar-refractivity contribution in [3.05, 3.63) is 63.4 Å². The second-order valence-corrected chi connectivity index (χ2v) is 7.67. The van der Waals surface area contributed by atoms with Crippen molar-refractivity contribution in [2.45, 2.75) is 6.92 Å². The number of anilines is 2. The Kier molecular flexibility index (Phi) is 3.94. The zero-order valence-corrected chi connectivity index (χ0v) is 15.7. The van der Waals surface area contributed by atoms with Crippen LogP contribution in [0.3, 0.4) is 0 Å². The molecule has 0 spiro atoms. The number of pyridine rings is 1. The second kappa shape index (κ2) is 6.13. The van der Waals surface area contributed by atoms with Crippen LogP contribution in [0.25, 0.3) is 21.1 Å². The van der Waals surface area contributed by atoms with Crippen LogP contribution in [-0.4, -0.2) is 10.9 Å². The lowest BCUT2D eigenvalue weighted by Gasteiger charge is -2.06. The number of nitrogen functional groups attached to an aromatic ring is 1. The van der Waals surface area contributed by atoms with Crippen LogP contribution in [0, 0.1) is 6.92 Å². The first-order chi connectivity index (χ1) is 12.0. The molecule has 2 aromatic heterocycles. The van der Waals surface area contributed by atoms with E-state index in [9.17, 15) is 4.79 Å². The molecule has 6 heteroatoms. The molecule has 1 amide bonds. The number of rotatable bonds is 2. The maximum Gasteiger partial charge on any atom is 0.267 e. The molecule has 0 radical (unpaired) electrons. The molecular formula is C19H14BrN3OS. The molecule has 0 fully saturated rings. The number of aryl methyl sites for hydroxylation is 1. The van der Waals surface area contributed by atoms with Crippen molar-refractivity contribution in [1.29, 1.82) is 0 Å². The van der Waals surface area contributed by atoms with Crippen LogP contribution >= 0.6 is 27.3 Å². The van der Waals surface area contributed by atoms with Crippen LogP contribution in [-0.2, 0) is 0 Å². The monoisotopic (exact) mass is 411 g/mol. The van der Waals surface area contributed by atoms with Crippen molar-refractivity contribution >= 4 is 65.7 Å². The summed E-state index contributed by atoms with van der Waals surface area (Å²) in [6, 6.07) is 15.6. The Morgan fingerprint density at radius 1 is 1.20 bits per heavy atom. The fourth-order valence-corrected chi connectivity index (χ4v) is 4.08. The number of hydrogen-bond acceptors (Lipinski definition) is 4. The van der Waals surface area contributed by atoms with Gasteiger partial charge in [0.05, 0.1) is 16.9 Å². The van der Waals surface area contributed by atoms with Crippen molar-refractivity contribution in [2.24, 2.45) is 0 Å². The Morgan fingerprint density at radius 2 is 2.00 bits per heavy atom. The minimum absolute atomic E-state index is 0.229. The number of carbonyl (C=O) groups excluding carboxylic acids is 1. The number of aromatic nitrogens is 1. The van der Waals surface area contributed by atoms with Gasteiger partial charge in [0.2, 0.25) is 0 Å². The Hall–Kier alpha value is -2.44. The van der Waals surface area contributed by atoms with E-state index in [0.29, 0.717) is 16.3 Å². The van der Waals surface area contributed by atoms with Gasteiger partial charge in [0, 0.05) is 15.2 Å². The van der Waals surface area contributed by atoms with Crippen LogP contribution in [0.5, 0.6) is 0 Å². The minimum atomic E-state index is -0.229. The summed E-state index contributed by atoms with van der Waals surface area (Å²) in [6.07, 6.45) is 0. The van der Waals surface area contributed by atoms with Gasteiger partial charge in [-0.2, -0.15) is 0 Å². The number of nitrogens with two attached hydrogens (primary N) is 1. The van der Waals surface area contributed by atoms with E-state index in [2.05, 4.69) is 26.2 Å². The Balaban J connectivity index is 1.79. The van der Waals surface area contributed by atoms with E-state index in [1.165, 1.54) is 11.3 Å². The highest BCUT2D eigenvalue weighted by atomic mass is 79.9. The van der Waals surface area contributed by atoms with Gasteiger partial charge < -0.3 is 11.1 Å². The third-order valence-corrected chi connectivity index (χ3v) is 5.81. The van der Waals surface area contributed by atoms with Crippen LogP contribution in [0.4, 0.5) is 11.4 Å². The maximum atomic E-state index is 12.7. The summed E-state index contributed by atoms with van der Waals surface area (Å²) in [5.41, 5.74) is 9.49. The average Bonchev–Trinajstić information content (AvgIpc) is 2.91. The summed E-state index contributed by atoms with van der Waals surface area (Å²) in [4.78, 5) is 18.6. The summed E-state index contributed by atoms with van der Waals surface area (Å²) in [5.74, 6) is -0.229. The van der Waals surface area contributed by atoms with E-state index >= 15 is 0 Å². The molecule has 2 heterocycles. The van der Waals surface area contributed by atoms with Gasteiger partial charge in [-0.05, 0) is 52.7 Å². The molecule has 3 N–H and O–H groups in total. The summed E-state index contributed by atoms with van der Waals surface area (Å²) in [6.45, 7) is 2.03. The summed E-state index contributed by atoms with van der Waals surface area (Å²) in [7, 11) is 0. The standard InChI is InChI=1S/C19H14BrN3OS/c1-10-6-7-11-9-12-16(21)17(25-19(12)23-15(11)8-10)18(24)22-14-5-3-2-4-13(14)20/h2-9H,21H2,1H3,(H,22,24). The van der Waals surface area contributed by atoms with Crippen LogP contribution in [0.2, 0.25) is 0 Å². The van der Waals surface area contributed by atoms with Gasteiger partial charge in [0.25, 0.3) is 5.91 Å². The molecule has 2 aromatic carbocycles. The maximum absolute atomic E-state index is 12.7. The first-order valence-corrected chi connectivity index (χ1v) is 9.29. The number of amides is 1. The van der Waals surface area contributed by atoms with Crippen LogP contribution < -0.4 is 11.1 Å². The predicted molar refractivity (Wildman–Crippen MR) is 108 cm³/mol. The number of benzene rings is 2. The fourth-order valence-electron chi connectivity index (χ4n) is 2.71. The first-order valence-electron chi connectivity index (χ1n) is 7.68. The number of carbonyl (C=O) groups is 1. The zero-order valence-electron chi connectivity index (χ0n) is 13.3. The van der Waals surface area contributed by atoms with Crippen molar-refractivity contribution in [3.8, 4) is 0 Å². The molecule has 0 unspecified atom stereocenters. The normalized spacial score (nSPS) is 11.1. The lowest BCUT2D eigenvalue weighted by Crippen LogP contribution is -2.12. The van der Waals surface area contributed by atoms with Gasteiger partial charge >= 0.3 is 0 Å². The lowest BCUT2D eigenvalue weighted by atomic mass is 10.1. The molecule has 0 atom stereocenters. The van der Waals surface area contributed by atoms with Crippen LogP contribution in [0.1, 0.15) is 15.2 Å². The van der Waals surface area contributed by atoms with Gasteiger partial charge in [-0.1, -0.05) is 24.3 Å². The number of halogens is 1. The largest absolute Gasteiger partial charge is 0.397 e. The first kappa shape index (κ1) is 16.1. The van der Waals surface area contributed by atoms with E-state index < -0.39 is 0 Å². The topological polar surface area (TPSA) is 68.0 Å². The molecule has 0 saturated heterocycles. The van der Waals surface area contributed by atoms with E-state index in [-0.39, 0.29) is 5.91 Å². The number of fused-ring (bicyclic) bond motifs is 2. The second-order valence-electron chi connectivity index (χ2n) is 5.82. The molecule has 124 valence electrons. The van der Waals surface area contributed by atoms with Gasteiger partial charge in [-0.25, -0.2) is 4.98 Å². The Morgan fingerprint density at radius 3 is 2.80 bits per heavy atom. The molecule has 0 bridgehead atoms. The summed E-state index contributed by atoms with van der Waals surface area (Å²) in [5, 5.41) is 4.73. The number of para-hydroxylation sites is 1. The summed E-state index contributed by atoms with van der Waals surface area (Å²) >= 11 is 4.75. The van der Waals surface area contributed by atoms with Gasteiger partial charge in [0.1, 0.15) is 9.71 Å². The van der Waals surface area contributed by atoms with E-state index in [4.69, 9.17) is 5.73 Å². The Labute approximate surface area is 156 Å². The number of hydrogen-bond donors (Lipinski definition) is 2. The quantitative estimate of drug-likeness (QED) is 0.466. The number of nitrogens with zero attached hydrogens (tertiary/aromatic N) is 1. The smallest absolute Gasteiger partial charge is 0.267 e. The lowest BCUT2D eigenvalue weighted by molar-refractivity contribution is 0.103. The van der Waals surface area contributed by atoms with Gasteiger partial charge in [0.15, 0.2) is 0 Å². The molecule has 0 aliphatic carbocycles. The highest BCUT2D eigenvalue weighted by Gasteiger charge is 2.18. The minimum Gasteiger partial charge on any atom is -0.397 e. The van der Waals surface area contributed by atoms with E-state index in [0.717, 1.165) is 31.2 Å². The fraction of sp³-hybridized carbons (Fsp3) is 0.0526. The van der Waals surface area contributed by atoms with Crippen LogP contribution in [0.15, 0.2) is 53.0 Å². The molecule has 25 heavy (non-hydrogen) atoms. The highest BCUT2D eigenvalue weighted by Crippen LogP contribution is 2.35. The Bertz CT molecular complexity index is 1140. The third-order valence-electron chi connectivity index (χ3n) is 4.00. The predicted octanol–water partition coefficient (Wildman–Crippen LogP) is 5.35. The van der Waals surface area contributed by atoms with E-state index in [1.807, 2.05) is 55.5 Å². The molecule has 0 saturated carbocycles. The SMILES string of the molecule is Cc1ccc2cc3c(N)c(C(=O)Nc4ccccc4Br)sc3nc2c1. The van der Waals surface area contributed by atoms with E-state index in [1.54, 1.807) is 0 Å². The van der Waals surface area contributed by atoms with Gasteiger partial charge in [-0.15, -0.1) is 11.3 Å². The van der Waals surface area contributed by atoms with Gasteiger partial charge in [-0.3, -0.25) is 4.79 Å². The van der Waals surface area contributed by atoms with Crippen molar-refractivity contribution < 1.29 is 4.79 Å². The highest BCUT2D eigenvalue weighted by molar-refractivity contribution is 9.10. The average molecular weight is 412 g/mol.